The van der Waals surface area contributed by atoms with Crippen molar-refractivity contribution >= 4 is 11.0 Å². The summed E-state index contributed by atoms with van der Waals surface area (Å²) in [6, 6.07) is 12.3. The molecule has 3 heterocycles. The lowest BCUT2D eigenvalue weighted by molar-refractivity contribution is 0.191. The molecule has 1 N–H and O–H groups in total. The Morgan fingerprint density at radius 1 is 1.13 bits per heavy atom. The highest BCUT2D eigenvalue weighted by molar-refractivity contribution is 5.75. The molecule has 0 radical (unpaired) electrons. The molecule has 1 fully saturated rings. The number of nitrogens with zero attached hydrogens (tertiary/aromatic N) is 3. The molecule has 3 aromatic rings. The van der Waals surface area contributed by atoms with Gasteiger partial charge in [0.05, 0.1) is 24.3 Å². The molecule has 4 rings (SSSR count). The van der Waals surface area contributed by atoms with Gasteiger partial charge in [0.15, 0.2) is 0 Å². The van der Waals surface area contributed by atoms with Crippen molar-refractivity contribution in [2.75, 3.05) is 26.7 Å². The van der Waals surface area contributed by atoms with Crippen molar-refractivity contribution in [1.82, 2.24) is 19.8 Å². The van der Waals surface area contributed by atoms with E-state index in [4.69, 9.17) is 4.74 Å². The highest BCUT2D eigenvalue weighted by Gasteiger charge is 2.19. The SMILES string of the molecule is COc1cnc2ccc(=O)n(CCN3CCC(NCc4ccc(F)cc4)CC3)c2c1. The highest BCUT2D eigenvalue weighted by Crippen LogP contribution is 2.17. The standard InChI is InChI=1S/C23H27FN4O2/c1-30-20-14-22-21(26-16-20)6-7-23(29)28(22)13-12-27-10-8-19(9-11-27)25-15-17-2-4-18(24)5-3-17/h2-7,14,16,19,25H,8-13,15H2,1H3. The van der Waals surface area contributed by atoms with Gasteiger partial charge in [0, 0.05) is 37.8 Å². The summed E-state index contributed by atoms with van der Waals surface area (Å²) in [5.41, 5.74) is 2.67. The minimum Gasteiger partial charge on any atom is -0.495 e. The van der Waals surface area contributed by atoms with E-state index in [0.717, 1.165) is 55.6 Å². The van der Waals surface area contributed by atoms with Gasteiger partial charge in [-0.05, 0) is 49.7 Å². The van der Waals surface area contributed by atoms with Gasteiger partial charge in [0.1, 0.15) is 11.6 Å². The average Bonchev–Trinajstić information content (AvgIpc) is 2.78. The van der Waals surface area contributed by atoms with Crippen LogP contribution in [0.1, 0.15) is 18.4 Å². The molecule has 0 unspecified atom stereocenters. The fraction of sp³-hybridized carbons (Fsp3) is 0.391. The molecule has 1 aromatic carbocycles. The van der Waals surface area contributed by atoms with Crippen molar-refractivity contribution in [2.45, 2.75) is 32.0 Å². The number of rotatable bonds is 7. The molecule has 0 aliphatic carbocycles. The fourth-order valence-electron chi connectivity index (χ4n) is 3.96. The zero-order valence-electron chi connectivity index (χ0n) is 17.2. The Balaban J connectivity index is 1.31. The minimum absolute atomic E-state index is 0.0200. The van der Waals surface area contributed by atoms with Crippen LogP contribution < -0.4 is 15.6 Å². The molecule has 1 aliphatic heterocycles. The number of fused-ring (bicyclic) bond motifs is 1. The zero-order chi connectivity index (χ0) is 20.9. The molecule has 2 aromatic heterocycles. The first-order valence-electron chi connectivity index (χ1n) is 10.4. The number of likely N-dealkylation sites (tertiary alicyclic amines) is 1. The predicted molar refractivity (Wildman–Crippen MR) is 115 cm³/mol. The molecule has 1 saturated heterocycles. The van der Waals surface area contributed by atoms with Gasteiger partial charge in [-0.15, -0.1) is 0 Å². The lowest BCUT2D eigenvalue weighted by Crippen LogP contribution is -2.43. The van der Waals surface area contributed by atoms with Crippen molar-refractivity contribution < 1.29 is 9.13 Å². The number of nitrogens with one attached hydrogen (secondary N) is 1. The van der Waals surface area contributed by atoms with Gasteiger partial charge in [0.2, 0.25) is 0 Å². The molecule has 0 amide bonds. The summed E-state index contributed by atoms with van der Waals surface area (Å²) in [5, 5.41) is 3.57. The Morgan fingerprint density at radius 3 is 2.63 bits per heavy atom. The second kappa shape index (κ2) is 9.36. The Kier molecular flexibility index (Phi) is 6.40. The molecule has 158 valence electrons. The van der Waals surface area contributed by atoms with Gasteiger partial charge in [-0.2, -0.15) is 0 Å². The number of methoxy groups -OCH3 is 1. The van der Waals surface area contributed by atoms with Crippen LogP contribution >= 0.6 is 0 Å². The van der Waals surface area contributed by atoms with Gasteiger partial charge < -0.3 is 19.5 Å². The number of benzene rings is 1. The Morgan fingerprint density at radius 2 is 1.90 bits per heavy atom. The van der Waals surface area contributed by atoms with E-state index in [1.54, 1.807) is 30.0 Å². The van der Waals surface area contributed by atoms with Crippen LogP contribution in [0.15, 0.2) is 53.5 Å². The predicted octanol–water partition coefficient (Wildman–Crippen LogP) is 2.80. The maximum absolute atomic E-state index is 13.0. The summed E-state index contributed by atoms with van der Waals surface area (Å²) in [4.78, 5) is 19.2. The third-order valence-corrected chi connectivity index (χ3v) is 5.78. The second-order valence-electron chi connectivity index (χ2n) is 7.73. The smallest absolute Gasteiger partial charge is 0.251 e. The molecular weight excluding hydrogens is 383 g/mol. The van der Waals surface area contributed by atoms with Gasteiger partial charge in [0.25, 0.3) is 5.56 Å². The first-order valence-corrected chi connectivity index (χ1v) is 10.4. The van der Waals surface area contributed by atoms with Gasteiger partial charge in [-0.3, -0.25) is 9.78 Å². The molecule has 1 aliphatic rings. The number of piperidine rings is 1. The summed E-state index contributed by atoms with van der Waals surface area (Å²) in [7, 11) is 1.60. The lowest BCUT2D eigenvalue weighted by Gasteiger charge is -2.32. The second-order valence-corrected chi connectivity index (χ2v) is 7.73. The van der Waals surface area contributed by atoms with Gasteiger partial charge in [-0.25, -0.2) is 4.39 Å². The molecule has 30 heavy (non-hydrogen) atoms. The number of hydrogen-bond acceptors (Lipinski definition) is 5. The zero-order valence-corrected chi connectivity index (χ0v) is 17.2. The summed E-state index contributed by atoms with van der Waals surface area (Å²) in [6.07, 6.45) is 3.78. The molecule has 0 bridgehead atoms. The fourth-order valence-corrected chi connectivity index (χ4v) is 3.96. The number of ether oxygens (including phenoxy) is 1. The maximum atomic E-state index is 13.0. The van der Waals surface area contributed by atoms with E-state index < -0.39 is 0 Å². The maximum Gasteiger partial charge on any atom is 0.251 e. The average molecular weight is 410 g/mol. The van der Waals surface area contributed by atoms with E-state index in [0.29, 0.717) is 18.3 Å². The minimum atomic E-state index is -0.202. The van der Waals surface area contributed by atoms with Crippen LogP contribution in [-0.2, 0) is 13.1 Å². The molecule has 0 atom stereocenters. The van der Waals surface area contributed by atoms with E-state index in [2.05, 4.69) is 15.2 Å². The van der Waals surface area contributed by atoms with Gasteiger partial charge >= 0.3 is 0 Å². The number of pyridine rings is 2. The third-order valence-electron chi connectivity index (χ3n) is 5.78. The Labute approximate surface area is 175 Å². The summed E-state index contributed by atoms with van der Waals surface area (Å²) in [6.45, 7) is 4.18. The van der Waals surface area contributed by atoms with Crippen LogP contribution in [0.4, 0.5) is 4.39 Å². The third kappa shape index (κ3) is 4.86. The highest BCUT2D eigenvalue weighted by atomic mass is 19.1. The Bertz CT molecular complexity index is 1040. The summed E-state index contributed by atoms with van der Waals surface area (Å²) in [5.74, 6) is 0.446. The first-order chi connectivity index (χ1) is 14.6. The van der Waals surface area contributed by atoms with Crippen LogP contribution in [0, 0.1) is 5.82 Å². The van der Waals surface area contributed by atoms with Crippen LogP contribution in [0.25, 0.3) is 11.0 Å². The van der Waals surface area contributed by atoms with E-state index in [-0.39, 0.29) is 11.4 Å². The monoisotopic (exact) mass is 410 g/mol. The summed E-state index contributed by atoms with van der Waals surface area (Å²) < 4.78 is 20.1. The largest absolute Gasteiger partial charge is 0.495 e. The van der Waals surface area contributed by atoms with E-state index >= 15 is 0 Å². The Hall–Kier alpha value is -2.77. The lowest BCUT2D eigenvalue weighted by atomic mass is 10.0. The van der Waals surface area contributed by atoms with Crippen molar-refractivity contribution in [3.8, 4) is 5.75 Å². The molecule has 6 nitrogen and oxygen atoms in total. The topological polar surface area (TPSA) is 59.4 Å². The van der Waals surface area contributed by atoms with Crippen LogP contribution in [0.3, 0.4) is 0 Å². The molecule has 7 heteroatoms. The van der Waals surface area contributed by atoms with Crippen LogP contribution in [-0.4, -0.2) is 47.2 Å². The number of hydrogen-bond donors (Lipinski definition) is 1. The van der Waals surface area contributed by atoms with E-state index in [9.17, 15) is 9.18 Å². The number of halogens is 1. The quantitative estimate of drug-likeness (QED) is 0.649. The number of aromatic nitrogens is 2. The van der Waals surface area contributed by atoms with Crippen molar-refractivity contribution in [1.29, 1.82) is 0 Å². The van der Waals surface area contributed by atoms with E-state index in [1.807, 2.05) is 18.2 Å². The van der Waals surface area contributed by atoms with Crippen LogP contribution in [0.2, 0.25) is 0 Å². The van der Waals surface area contributed by atoms with Crippen LogP contribution in [0.5, 0.6) is 5.75 Å². The molecule has 0 saturated carbocycles. The summed E-state index contributed by atoms with van der Waals surface area (Å²) >= 11 is 0. The van der Waals surface area contributed by atoms with Gasteiger partial charge in [-0.1, -0.05) is 12.1 Å². The van der Waals surface area contributed by atoms with E-state index in [1.165, 1.54) is 12.1 Å². The van der Waals surface area contributed by atoms with Crippen molar-refractivity contribution in [3.63, 3.8) is 0 Å². The molecule has 0 spiro atoms. The molecular formula is C23H27FN4O2. The van der Waals surface area contributed by atoms with Crippen molar-refractivity contribution in [2.24, 2.45) is 0 Å². The van der Waals surface area contributed by atoms with Crippen molar-refractivity contribution in [3.05, 3.63) is 70.4 Å². The normalized spacial score (nSPS) is 15.5. The first kappa shape index (κ1) is 20.5.